The van der Waals surface area contributed by atoms with E-state index in [1.54, 1.807) is 0 Å². The summed E-state index contributed by atoms with van der Waals surface area (Å²) in [6.07, 6.45) is 8.10. The highest BCUT2D eigenvalue weighted by Crippen LogP contribution is 2.31. The van der Waals surface area contributed by atoms with Crippen LogP contribution in [-0.2, 0) is 16.0 Å². The van der Waals surface area contributed by atoms with Gasteiger partial charge < -0.3 is 4.74 Å². The van der Waals surface area contributed by atoms with Gasteiger partial charge >= 0.3 is 5.97 Å². The van der Waals surface area contributed by atoms with Gasteiger partial charge in [-0.15, -0.1) is 0 Å². The van der Waals surface area contributed by atoms with Crippen LogP contribution in [0, 0.1) is 11.8 Å². The summed E-state index contributed by atoms with van der Waals surface area (Å²) in [5.41, 5.74) is 1.27. The van der Waals surface area contributed by atoms with E-state index in [4.69, 9.17) is 4.74 Å². The lowest BCUT2D eigenvalue weighted by Gasteiger charge is -2.26. The summed E-state index contributed by atoms with van der Waals surface area (Å²) >= 11 is 0. The molecule has 2 rings (SSSR count). The van der Waals surface area contributed by atoms with Crippen molar-refractivity contribution < 1.29 is 14.3 Å². The molecule has 1 aliphatic carbocycles. The van der Waals surface area contributed by atoms with Gasteiger partial charge in [0, 0.05) is 12.3 Å². The fraction of sp³-hybridized carbons (Fsp3) is 0.619. The van der Waals surface area contributed by atoms with E-state index in [9.17, 15) is 9.59 Å². The number of Topliss-reactive ketones (excluding diaryl/α,β-unsaturated/α-hetero) is 1. The van der Waals surface area contributed by atoms with Crippen molar-refractivity contribution in [2.24, 2.45) is 11.8 Å². The second-order valence-electron chi connectivity index (χ2n) is 6.93. The number of hydrogen-bond acceptors (Lipinski definition) is 3. The quantitative estimate of drug-likeness (QED) is 0.491. The topological polar surface area (TPSA) is 43.4 Å². The van der Waals surface area contributed by atoms with E-state index < -0.39 is 0 Å². The molecule has 0 radical (unpaired) electrons. The van der Waals surface area contributed by atoms with Crippen LogP contribution in [0.25, 0.3) is 0 Å². The molecule has 1 aliphatic rings. The van der Waals surface area contributed by atoms with Crippen LogP contribution in [0.1, 0.15) is 70.8 Å². The smallest absolute Gasteiger partial charge is 0.314 e. The lowest BCUT2D eigenvalue weighted by Crippen LogP contribution is -2.28. The van der Waals surface area contributed by atoms with Crippen LogP contribution in [-0.4, -0.2) is 11.8 Å². The monoisotopic (exact) mass is 330 g/mol. The molecule has 0 saturated heterocycles. The number of carbonyl (C=O) groups is 2. The van der Waals surface area contributed by atoms with Crippen LogP contribution in [0.4, 0.5) is 0 Å². The molecule has 1 aromatic rings. The second kappa shape index (κ2) is 9.61. The summed E-state index contributed by atoms with van der Waals surface area (Å²) < 4.78 is 5.52. The molecule has 1 saturated carbocycles. The third-order valence-electron chi connectivity index (χ3n) is 4.97. The molecule has 0 N–H and O–H groups in total. The van der Waals surface area contributed by atoms with Gasteiger partial charge in [-0.05, 0) is 56.2 Å². The van der Waals surface area contributed by atoms with Crippen molar-refractivity contribution in [1.82, 2.24) is 0 Å². The van der Waals surface area contributed by atoms with E-state index >= 15 is 0 Å². The maximum atomic E-state index is 12.3. The molecular weight excluding hydrogens is 300 g/mol. The van der Waals surface area contributed by atoms with Crippen molar-refractivity contribution in [3.05, 3.63) is 29.8 Å². The Morgan fingerprint density at radius 3 is 2.17 bits per heavy atom. The summed E-state index contributed by atoms with van der Waals surface area (Å²) in [6.45, 7) is 4.26. The summed E-state index contributed by atoms with van der Waals surface area (Å²) in [4.78, 5) is 24.4. The molecule has 0 heterocycles. The molecule has 3 nitrogen and oxygen atoms in total. The van der Waals surface area contributed by atoms with Gasteiger partial charge in [0.15, 0.2) is 0 Å². The zero-order chi connectivity index (χ0) is 17.4. The fourth-order valence-electron chi connectivity index (χ4n) is 3.42. The highest BCUT2D eigenvalue weighted by atomic mass is 16.5. The highest BCUT2D eigenvalue weighted by molar-refractivity contribution is 5.81. The molecule has 0 amide bonds. The van der Waals surface area contributed by atoms with E-state index in [-0.39, 0.29) is 17.8 Å². The van der Waals surface area contributed by atoms with Gasteiger partial charge in [-0.2, -0.15) is 0 Å². The summed E-state index contributed by atoms with van der Waals surface area (Å²) in [5, 5.41) is 0. The van der Waals surface area contributed by atoms with Gasteiger partial charge in [0.05, 0.1) is 5.92 Å². The first-order valence-electron chi connectivity index (χ1n) is 9.47. The average Bonchev–Trinajstić information content (AvgIpc) is 2.61. The SMILES string of the molecule is CCCCC(=O)C1CCC(C(=O)Oc2ccc(CCC)cc2)CC1. The minimum absolute atomic E-state index is 0.0597. The molecule has 24 heavy (non-hydrogen) atoms. The number of esters is 1. The predicted octanol–water partition coefficient (Wildman–Crippen LogP) is 5.11. The lowest BCUT2D eigenvalue weighted by atomic mass is 9.79. The normalized spacial score (nSPS) is 20.6. The molecule has 0 unspecified atom stereocenters. The lowest BCUT2D eigenvalue weighted by molar-refractivity contribution is -0.141. The van der Waals surface area contributed by atoms with Crippen LogP contribution in [0.15, 0.2) is 24.3 Å². The van der Waals surface area contributed by atoms with Gasteiger partial charge in [-0.1, -0.05) is 38.8 Å². The first-order chi connectivity index (χ1) is 11.6. The maximum absolute atomic E-state index is 12.3. The molecule has 0 aromatic heterocycles. The maximum Gasteiger partial charge on any atom is 0.314 e. The Hall–Kier alpha value is -1.64. The number of hydrogen-bond donors (Lipinski definition) is 0. The Morgan fingerprint density at radius 2 is 1.58 bits per heavy atom. The molecule has 0 spiro atoms. The Morgan fingerprint density at radius 1 is 0.958 bits per heavy atom. The zero-order valence-corrected chi connectivity index (χ0v) is 15.1. The van der Waals surface area contributed by atoms with Gasteiger partial charge in [-0.3, -0.25) is 9.59 Å². The first kappa shape index (κ1) is 18.7. The van der Waals surface area contributed by atoms with Crippen molar-refractivity contribution in [1.29, 1.82) is 0 Å². The summed E-state index contributed by atoms with van der Waals surface area (Å²) in [5.74, 6) is 0.971. The first-order valence-corrected chi connectivity index (χ1v) is 9.47. The fourth-order valence-corrected chi connectivity index (χ4v) is 3.42. The minimum Gasteiger partial charge on any atom is -0.426 e. The zero-order valence-electron chi connectivity index (χ0n) is 15.1. The molecule has 3 heteroatoms. The van der Waals surface area contributed by atoms with Gasteiger partial charge in [0.25, 0.3) is 0 Å². The van der Waals surface area contributed by atoms with Crippen molar-refractivity contribution >= 4 is 11.8 Å². The summed E-state index contributed by atoms with van der Waals surface area (Å²) in [6, 6.07) is 7.80. The van der Waals surface area contributed by atoms with E-state index in [1.165, 1.54) is 5.56 Å². The molecule has 0 bridgehead atoms. The average molecular weight is 330 g/mol. The Labute approximate surface area is 145 Å². The Balaban J connectivity index is 1.79. The highest BCUT2D eigenvalue weighted by Gasteiger charge is 2.30. The minimum atomic E-state index is -0.141. The van der Waals surface area contributed by atoms with Crippen LogP contribution >= 0.6 is 0 Å². The van der Waals surface area contributed by atoms with E-state index in [0.29, 0.717) is 18.0 Å². The van der Waals surface area contributed by atoms with Gasteiger partial charge in [0.1, 0.15) is 11.5 Å². The van der Waals surface area contributed by atoms with Gasteiger partial charge in [-0.25, -0.2) is 0 Å². The number of ether oxygens (including phenoxy) is 1. The number of ketones is 1. The van der Waals surface area contributed by atoms with E-state index in [2.05, 4.69) is 13.8 Å². The Kier molecular flexibility index (Phi) is 7.48. The number of unbranched alkanes of at least 4 members (excludes halogenated alkanes) is 1. The van der Waals surface area contributed by atoms with Crippen molar-refractivity contribution in [3.63, 3.8) is 0 Å². The predicted molar refractivity (Wildman–Crippen MR) is 96.1 cm³/mol. The van der Waals surface area contributed by atoms with Gasteiger partial charge in [0.2, 0.25) is 0 Å². The summed E-state index contributed by atoms with van der Waals surface area (Å²) in [7, 11) is 0. The van der Waals surface area contributed by atoms with Crippen LogP contribution in [0.2, 0.25) is 0 Å². The second-order valence-corrected chi connectivity index (χ2v) is 6.93. The number of rotatable bonds is 8. The van der Waals surface area contributed by atoms with Crippen molar-refractivity contribution in [2.75, 3.05) is 0 Å². The number of benzene rings is 1. The molecule has 0 aliphatic heterocycles. The molecule has 1 fully saturated rings. The third kappa shape index (κ3) is 5.47. The Bertz CT molecular complexity index is 525. The van der Waals surface area contributed by atoms with Crippen molar-refractivity contribution in [3.8, 4) is 5.75 Å². The van der Waals surface area contributed by atoms with E-state index in [1.807, 2.05) is 24.3 Å². The number of carbonyl (C=O) groups excluding carboxylic acids is 2. The molecule has 132 valence electrons. The number of aryl methyl sites for hydroxylation is 1. The largest absolute Gasteiger partial charge is 0.426 e. The molecule has 1 aromatic carbocycles. The van der Waals surface area contributed by atoms with Crippen LogP contribution in [0.3, 0.4) is 0 Å². The molecular formula is C21H30O3. The van der Waals surface area contributed by atoms with Crippen molar-refractivity contribution in [2.45, 2.75) is 71.6 Å². The molecule has 0 atom stereocenters. The van der Waals surface area contributed by atoms with E-state index in [0.717, 1.165) is 51.4 Å². The van der Waals surface area contributed by atoms with Crippen LogP contribution < -0.4 is 4.74 Å². The third-order valence-corrected chi connectivity index (χ3v) is 4.97. The van der Waals surface area contributed by atoms with Crippen LogP contribution in [0.5, 0.6) is 5.75 Å². The standard InChI is InChI=1S/C21H30O3/c1-3-5-7-20(22)17-10-12-18(13-11-17)21(23)24-19-14-8-16(6-4-2)9-15-19/h8-9,14-15,17-18H,3-7,10-13H2,1-2H3.